The van der Waals surface area contributed by atoms with Crippen molar-refractivity contribution in [2.45, 2.75) is 27.7 Å². The van der Waals surface area contributed by atoms with E-state index in [1.54, 1.807) is 11.8 Å². The Morgan fingerprint density at radius 3 is 2.27 bits per heavy atom. The molecule has 0 aromatic heterocycles. The number of rotatable bonds is 3. The third-order valence-corrected chi connectivity index (χ3v) is 2.70. The predicted molar refractivity (Wildman–Crippen MR) is 54.1 cm³/mol. The number of thioether (sulfide) groups is 1. The summed E-state index contributed by atoms with van der Waals surface area (Å²) in [5.41, 5.74) is 6.38. The third-order valence-electron chi connectivity index (χ3n) is 1.23. The monoisotopic (exact) mass is 171 g/mol. The van der Waals surface area contributed by atoms with E-state index < -0.39 is 0 Å². The minimum atomic E-state index is 0.598. The molecule has 0 aromatic rings. The molecule has 0 unspecified atom stereocenters. The Balaban J connectivity index is 4.02. The average Bonchev–Trinajstić information content (AvgIpc) is 1.87. The van der Waals surface area contributed by atoms with E-state index in [-0.39, 0.29) is 0 Å². The molecule has 11 heavy (non-hydrogen) atoms. The molecular formula is C9H17NS. The Morgan fingerprint density at radius 2 is 2.00 bits per heavy atom. The van der Waals surface area contributed by atoms with Crippen LogP contribution in [0.1, 0.15) is 27.7 Å². The van der Waals surface area contributed by atoms with Gasteiger partial charge in [0.05, 0.1) is 0 Å². The predicted octanol–water partition coefficient (Wildman–Crippen LogP) is 3.10. The summed E-state index contributed by atoms with van der Waals surface area (Å²) in [6.45, 7) is 8.33. The van der Waals surface area contributed by atoms with Crippen molar-refractivity contribution >= 4 is 11.8 Å². The molecule has 0 aliphatic carbocycles. The molecule has 2 heteroatoms. The molecule has 0 amide bonds. The van der Waals surface area contributed by atoms with E-state index >= 15 is 0 Å². The Bertz CT molecular complexity index is 164. The third kappa shape index (κ3) is 4.96. The van der Waals surface area contributed by atoms with E-state index in [4.69, 9.17) is 5.73 Å². The lowest BCUT2D eigenvalue weighted by Gasteiger charge is -2.06. The zero-order valence-electron chi connectivity index (χ0n) is 7.72. The van der Waals surface area contributed by atoms with Crippen molar-refractivity contribution in [2.24, 2.45) is 11.7 Å². The average molecular weight is 171 g/mol. The van der Waals surface area contributed by atoms with Crippen molar-refractivity contribution < 1.29 is 0 Å². The fourth-order valence-corrected chi connectivity index (χ4v) is 1.43. The van der Waals surface area contributed by atoms with E-state index in [2.05, 4.69) is 26.8 Å². The van der Waals surface area contributed by atoms with Crippen LogP contribution in [0.25, 0.3) is 0 Å². The first kappa shape index (κ1) is 10.6. The fourth-order valence-electron chi connectivity index (χ4n) is 0.698. The summed E-state index contributed by atoms with van der Waals surface area (Å²) in [4.78, 5) is 1.37. The van der Waals surface area contributed by atoms with Crippen LogP contribution in [0.3, 0.4) is 0 Å². The smallest absolute Gasteiger partial charge is 0.0116 e. The maximum absolute atomic E-state index is 5.51. The highest BCUT2D eigenvalue weighted by Crippen LogP contribution is 2.24. The van der Waals surface area contributed by atoms with Crippen LogP contribution in [0.4, 0.5) is 0 Å². The summed E-state index contributed by atoms with van der Waals surface area (Å²) >= 11 is 1.71. The summed E-state index contributed by atoms with van der Waals surface area (Å²) in [6.07, 6.45) is 2.13. The molecule has 0 aromatic carbocycles. The van der Waals surface area contributed by atoms with Crippen LogP contribution >= 0.6 is 11.8 Å². The second kappa shape index (κ2) is 5.30. The Labute approximate surface area is 73.7 Å². The van der Waals surface area contributed by atoms with Crippen molar-refractivity contribution in [1.82, 2.24) is 0 Å². The minimum absolute atomic E-state index is 0.598. The van der Waals surface area contributed by atoms with Gasteiger partial charge in [-0.3, -0.25) is 0 Å². The lowest BCUT2D eigenvalue weighted by molar-refractivity contribution is 0.815. The maximum atomic E-state index is 5.51. The first-order chi connectivity index (χ1) is 5.07. The van der Waals surface area contributed by atoms with Gasteiger partial charge in [0.15, 0.2) is 0 Å². The van der Waals surface area contributed by atoms with Gasteiger partial charge in [-0.2, -0.15) is 0 Å². The number of hydrogen-bond donors (Lipinski definition) is 1. The van der Waals surface area contributed by atoms with Gasteiger partial charge in [-0.25, -0.2) is 0 Å². The van der Waals surface area contributed by atoms with Crippen molar-refractivity contribution in [2.75, 3.05) is 0 Å². The lowest BCUT2D eigenvalue weighted by Crippen LogP contribution is -1.91. The van der Waals surface area contributed by atoms with Gasteiger partial charge >= 0.3 is 0 Å². The molecule has 0 aliphatic rings. The maximum Gasteiger partial charge on any atom is 0.0116 e. The Morgan fingerprint density at radius 1 is 1.45 bits per heavy atom. The van der Waals surface area contributed by atoms with Crippen LogP contribution in [-0.2, 0) is 0 Å². The molecule has 0 heterocycles. The molecule has 64 valence electrons. The van der Waals surface area contributed by atoms with Crippen LogP contribution in [0.15, 0.2) is 22.1 Å². The normalized spacial score (nSPS) is 14.3. The van der Waals surface area contributed by atoms with Gasteiger partial charge in [0.25, 0.3) is 0 Å². The highest BCUT2D eigenvalue weighted by atomic mass is 32.2. The van der Waals surface area contributed by atoms with Crippen molar-refractivity contribution in [3.8, 4) is 0 Å². The standard InChI is InChI=1S/C9H17NS/c1-5-9(7(2)3)11-6-8(4)10/h5-7H,10H2,1-4H3/b8-6-,9-5-. The molecule has 1 nitrogen and oxygen atoms in total. The molecule has 0 saturated heterocycles. The molecule has 2 N–H and O–H groups in total. The second-order valence-electron chi connectivity index (χ2n) is 2.83. The van der Waals surface area contributed by atoms with Crippen LogP contribution < -0.4 is 5.73 Å². The SMILES string of the molecule is C/C=C(\S/C=C(/C)N)C(C)C. The summed E-state index contributed by atoms with van der Waals surface area (Å²) in [5.74, 6) is 0.598. The molecule has 0 bridgehead atoms. The van der Waals surface area contributed by atoms with E-state index in [1.165, 1.54) is 4.91 Å². The number of allylic oxidation sites excluding steroid dienone is 3. The molecule has 0 aliphatic heterocycles. The van der Waals surface area contributed by atoms with Gasteiger partial charge in [-0.15, -0.1) is 11.8 Å². The molecule has 0 atom stereocenters. The van der Waals surface area contributed by atoms with Crippen LogP contribution in [-0.4, -0.2) is 0 Å². The van der Waals surface area contributed by atoms with E-state index in [9.17, 15) is 0 Å². The molecule has 0 radical (unpaired) electrons. The summed E-state index contributed by atoms with van der Waals surface area (Å²) in [7, 11) is 0. The summed E-state index contributed by atoms with van der Waals surface area (Å²) in [5, 5.41) is 1.98. The molecule has 0 spiro atoms. The zero-order chi connectivity index (χ0) is 8.85. The van der Waals surface area contributed by atoms with Gasteiger partial charge in [0.2, 0.25) is 0 Å². The highest BCUT2D eigenvalue weighted by Gasteiger charge is 1.99. The fraction of sp³-hybridized carbons (Fsp3) is 0.556. The zero-order valence-corrected chi connectivity index (χ0v) is 8.53. The Hall–Kier alpha value is -0.370. The summed E-state index contributed by atoms with van der Waals surface area (Å²) < 4.78 is 0. The summed E-state index contributed by atoms with van der Waals surface area (Å²) in [6, 6.07) is 0. The van der Waals surface area contributed by atoms with Crippen LogP contribution in [0.2, 0.25) is 0 Å². The van der Waals surface area contributed by atoms with Crippen LogP contribution in [0.5, 0.6) is 0 Å². The topological polar surface area (TPSA) is 26.0 Å². The Kier molecular flexibility index (Phi) is 5.12. The van der Waals surface area contributed by atoms with Crippen LogP contribution in [0, 0.1) is 5.92 Å². The minimum Gasteiger partial charge on any atom is -0.402 e. The van der Waals surface area contributed by atoms with Gasteiger partial charge in [0.1, 0.15) is 0 Å². The second-order valence-corrected chi connectivity index (χ2v) is 3.77. The quantitative estimate of drug-likeness (QED) is 0.706. The molecule has 0 fully saturated rings. The van der Waals surface area contributed by atoms with Crippen molar-refractivity contribution in [1.29, 1.82) is 0 Å². The molecule has 0 rings (SSSR count). The van der Waals surface area contributed by atoms with Crippen molar-refractivity contribution in [3.05, 3.63) is 22.1 Å². The molecular weight excluding hydrogens is 154 g/mol. The van der Waals surface area contributed by atoms with E-state index in [1.807, 2.05) is 12.3 Å². The first-order valence-electron chi connectivity index (χ1n) is 3.83. The van der Waals surface area contributed by atoms with Gasteiger partial charge in [-0.05, 0) is 30.1 Å². The largest absolute Gasteiger partial charge is 0.402 e. The van der Waals surface area contributed by atoms with Gasteiger partial charge < -0.3 is 5.73 Å². The first-order valence-corrected chi connectivity index (χ1v) is 4.71. The van der Waals surface area contributed by atoms with E-state index in [0.29, 0.717) is 5.92 Å². The number of hydrogen-bond acceptors (Lipinski definition) is 2. The van der Waals surface area contributed by atoms with Gasteiger partial charge in [-0.1, -0.05) is 19.9 Å². The van der Waals surface area contributed by atoms with E-state index in [0.717, 1.165) is 5.70 Å². The highest BCUT2D eigenvalue weighted by molar-refractivity contribution is 8.05. The van der Waals surface area contributed by atoms with Gasteiger partial charge in [0, 0.05) is 5.70 Å². The lowest BCUT2D eigenvalue weighted by atomic mass is 10.2. The molecule has 0 saturated carbocycles. The van der Waals surface area contributed by atoms with Crippen molar-refractivity contribution in [3.63, 3.8) is 0 Å². The number of nitrogens with two attached hydrogens (primary N) is 1.